The second-order valence-corrected chi connectivity index (χ2v) is 2.63. The minimum Gasteiger partial charge on any atom is -0.396 e. The summed E-state index contributed by atoms with van der Waals surface area (Å²) in [5, 5.41) is 8.59. The Morgan fingerprint density at radius 1 is 1.78 bits per heavy atom. The molecular formula is C6H11NO2. The van der Waals surface area contributed by atoms with Crippen molar-refractivity contribution in [2.24, 2.45) is 23.5 Å². The summed E-state index contributed by atoms with van der Waals surface area (Å²) in [6, 6.07) is 0. The molecule has 1 amide bonds. The lowest BCUT2D eigenvalue weighted by Crippen LogP contribution is -2.15. The Kier molecular flexibility index (Phi) is 1.45. The Morgan fingerprint density at radius 2 is 2.33 bits per heavy atom. The molecule has 0 aromatic rings. The topological polar surface area (TPSA) is 63.3 Å². The number of primary amides is 1. The lowest BCUT2D eigenvalue weighted by molar-refractivity contribution is -0.119. The molecule has 0 radical (unpaired) electrons. The van der Waals surface area contributed by atoms with Gasteiger partial charge in [-0.05, 0) is 11.8 Å². The zero-order valence-electron chi connectivity index (χ0n) is 5.37. The van der Waals surface area contributed by atoms with Gasteiger partial charge in [-0.25, -0.2) is 0 Å². The monoisotopic (exact) mass is 129 g/mol. The van der Waals surface area contributed by atoms with E-state index in [4.69, 9.17) is 10.8 Å². The number of hydrogen-bond acceptors (Lipinski definition) is 2. The van der Waals surface area contributed by atoms with Crippen molar-refractivity contribution in [3.63, 3.8) is 0 Å². The summed E-state index contributed by atoms with van der Waals surface area (Å²) in [5.41, 5.74) is 5.00. The summed E-state index contributed by atoms with van der Waals surface area (Å²) in [5.74, 6) is 0.103. The van der Waals surface area contributed by atoms with Gasteiger partial charge in [0.1, 0.15) is 0 Å². The molecule has 3 unspecified atom stereocenters. The van der Waals surface area contributed by atoms with Crippen LogP contribution in [0.25, 0.3) is 0 Å². The first-order valence-electron chi connectivity index (χ1n) is 3.08. The first kappa shape index (κ1) is 6.55. The van der Waals surface area contributed by atoms with Crippen LogP contribution in [-0.2, 0) is 4.79 Å². The van der Waals surface area contributed by atoms with Gasteiger partial charge >= 0.3 is 0 Å². The average Bonchev–Trinajstić information content (AvgIpc) is 2.40. The Hall–Kier alpha value is -0.570. The molecule has 0 bridgehead atoms. The molecule has 52 valence electrons. The Morgan fingerprint density at radius 3 is 2.44 bits per heavy atom. The van der Waals surface area contributed by atoms with Gasteiger partial charge in [0.25, 0.3) is 0 Å². The molecular weight excluding hydrogens is 118 g/mol. The van der Waals surface area contributed by atoms with Crippen molar-refractivity contribution in [1.82, 2.24) is 0 Å². The first-order chi connectivity index (χ1) is 4.18. The first-order valence-corrected chi connectivity index (χ1v) is 3.08. The minimum atomic E-state index is -0.276. The normalized spacial score (nSPS) is 40.4. The number of nitrogens with two attached hydrogens (primary N) is 1. The fourth-order valence-corrected chi connectivity index (χ4v) is 1.30. The number of rotatable bonds is 2. The van der Waals surface area contributed by atoms with Crippen LogP contribution < -0.4 is 5.73 Å². The third-order valence-corrected chi connectivity index (χ3v) is 2.10. The molecule has 0 heterocycles. The van der Waals surface area contributed by atoms with Gasteiger partial charge in [-0.1, -0.05) is 6.92 Å². The molecule has 9 heavy (non-hydrogen) atoms. The van der Waals surface area contributed by atoms with Crippen molar-refractivity contribution in [1.29, 1.82) is 0 Å². The van der Waals surface area contributed by atoms with Crippen molar-refractivity contribution >= 4 is 5.91 Å². The van der Waals surface area contributed by atoms with Crippen LogP contribution in [0.3, 0.4) is 0 Å². The summed E-state index contributed by atoms with van der Waals surface area (Å²) < 4.78 is 0. The molecule has 0 aromatic heterocycles. The van der Waals surface area contributed by atoms with Gasteiger partial charge in [-0.15, -0.1) is 0 Å². The Bertz CT molecular complexity index is 135. The van der Waals surface area contributed by atoms with E-state index in [-0.39, 0.29) is 24.3 Å². The highest BCUT2D eigenvalue weighted by atomic mass is 16.3. The van der Waals surface area contributed by atoms with Crippen LogP contribution >= 0.6 is 0 Å². The quantitative estimate of drug-likeness (QED) is 0.520. The molecule has 3 nitrogen and oxygen atoms in total. The number of carbonyl (C=O) groups is 1. The van der Waals surface area contributed by atoms with E-state index in [1.54, 1.807) is 0 Å². The number of carbonyl (C=O) groups excluding carboxylic acids is 1. The predicted octanol–water partition coefficient (Wildman–Crippen LogP) is -0.654. The second-order valence-electron chi connectivity index (χ2n) is 2.63. The van der Waals surface area contributed by atoms with Gasteiger partial charge in [0.2, 0.25) is 5.91 Å². The average molecular weight is 129 g/mol. The van der Waals surface area contributed by atoms with Gasteiger partial charge < -0.3 is 10.8 Å². The summed E-state index contributed by atoms with van der Waals surface area (Å²) in [6.45, 7) is 2.02. The zero-order chi connectivity index (χ0) is 7.02. The maximum Gasteiger partial charge on any atom is 0.221 e. The van der Waals surface area contributed by atoms with E-state index >= 15 is 0 Å². The van der Waals surface area contributed by atoms with Crippen LogP contribution in [0.5, 0.6) is 0 Å². The van der Waals surface area contributed by atoms with Crippen LogP contribution in [0.15, 0.2) is 0 Å². The number of amides is 1. The third-order valence-electron chi connectivity index (χ3n) is 2.10. The van der Waals surface area contributed by atoms with Crippen LogP contribution in [0.2, 0.25) is 0 Å². The molecule has 0 spiro atoms. The molecule has 3 N–H and O–H groups in total. The summed E-state index contributed by atoms with van der Waals surface area (Å²) in [4.78, 5) is 10.5. The number of aliphatic hydroxyl groups is 1. The summed E-state index contributed by atoms with van der Waals surface area (Å²) in [7, 11) is 0. The fraction of sp³-hybridized carbons (Fsp3) is 0.833. The van der Waals surface area contributed by atoms with Gasteiger partial charge in [-0.2, -0.15) is 0 Å². The van der Waals surface area contributed by atoms with E-state index in [1.165, 1.54) is 0 Å². The largest absolute Gasteiger partial charge is 0.396 e. The molecule has 1 aliphatic carbocycles. The number of aliphatic hydroxyl groups excluding tert-OH is 1. The van der Waals surface area contributed by atoms with E-state index in [2.05, 4.69) is 0 Å². The minimum absolute atomic E-state index is 0.0602. The molecule has 1 saturated carbocycles. The van der Waals surface area contributed by atoms with E-state index in [9.17, 15) is 4.79 Å². The van der Waals surface area contributed by atoms with Crippen LogP contribution in [0.4, 0.5) is 0 Å². The molecule has 3 heteroatoms. The van der Waals surface area contributed by atoms with Gasteiger partial charge in [-0.3, -0.25) is 4.79 Å². The van der Waals surface area contributed by atoms with Crippen molar-refractivity contribution in [3.8, 4) is 0 Å². The van der Waals surface area contributed by atoms with Crippen LogP contribution in [0.1, 0.15) is 6.92 Å². The maximum absolute atomic E-state index is 10.5. The SMILES string of the molecule is CC1C(CO)C1C(N)=O. The van der Waals surface area contributed by atoms with Gasteiger partial charge in [0.05, 0.1) is 0 Å². The van der Waals surface area contributed by atoms with Gasteiger partial charge in [0, 0.05) is 12.5 Å². The van der Waals surface area contributed by atoms with Crippen molar-refractivity contribution in [2.75, 3.05) is 6.61 Å². The highest BCUT2D eigenvalue weighted by Gasteiger charge is 2.49. The molecule has 0 aliphatic heterocycles. The molecule has 1 rings (SSSR count). The summed E-state index contributed by atoms with van der Waals surface area (Å²) >= 11 is 0. The highest BCUT2D eigenvalue weighted by Crippen LogP contribution is 2.44. The lowest BCUT2D eigenvalue weighted by Gasteiger charge is -1.85. The standard InChI is InChI=1S/C6H11NO2/c1-3-4(2-8)5(3)6(7)9/h3-5,8H,2H2,1H3,(H2,7,9). The Balaban J connectivity index is 2.42. The highest BCUT2D eigenvalue weighted by molar-refractivity contribution is 5.80. The third kappa shape index (κ3) is 0.920. The fourth-order valence-electron chi connectivity index (χ4n) is 1.30. The summed E-state index contributed by atoms with van der Waals surface area (Å²) in [6.07, 6.45) is 0. The maximum atomic E-state index is 10.5. The Labute approximate surface area is 53.9 Å². The number of hydrogen-bond donors (Lipinski definition) is 2. The second kappa shape index (κ2) is 1.99. The molecule has 1 aliphatic rings. The molecule has 0 aromatic carbocycles. The lowest BCUT2D eigenvalue weighted by atomic mass is 10.3. The van der Waals surface area contributed by atoms with E-state index in [0.717, 1.165) is 0 Å². The molecule has 3 atom stereocenters. The molecule has 0 saturated heterocycles. The smallest absolute Gasteiger partial charge is 0.221 e. The van der Waals surface area contributed by atoms with Gasteiger partial charge in [0.15, 0.2) is 0 Å². The van der Waals surface area contributed by atoms with E-state index in [1.807, 2.05) is 6.92 Å². The van der Waals surface area contributed by atoms with E-state index in [0.29, 0.717) is 5.92 Å². The van der Waals surface area contributed by atoms with Crippen molar-refractivity contribution in [2.45, 2.75) is 6.92 Å². The van der Waals surface area contributed by atoms with Crippen molar-refractivity contribution < 1.29 is 9.90 Å². The zero-order valence-corrected chi connectivity index (χ0v) is 5.37. The van der Waals surface area contributed by atoms with E-state index < -0.39 is 0 Å². The van der Waals surface area contributed by atoms with Crippen LogP contribution in [0, 0.1) is 17.8 Å². The predicted molar refractivity (Wildman–Crippen MR) is 32.4 cm³/mol. The van der Waals surface area contributed by atoms with Crippen LogP contribution in [-0.4, -0.2) is 17.6 Å². The van der Waals surface area contributed by atoms with Crippen molar-refractivity contribution in [3.05, 3.63) is 0 Å². The molecule has 1 fully saturated rings.